The summed E-state index contributed by atoms with van der Waals surface area (Å²) in [7, 11) is 0. The van der Waals surface area contributed by atoms with Gasteiger partial charge in [-0.25, -0.2) is 0 Å². The van der Waals surface area contributed by atoms with Gasteiger partial charge < -0.3 is 0 Å². The monoisotopic (exact) mass is 212 g/mol. The van der Waals surface area contributed by atoms with E-state index in [1.54, 1.807) is 0 Å². The van der Waals surface area contributed by atoms with Gasteiger partial charge in [0, 0.05) is 6.42 Å². The summed E-state index contributed by atoms with van der Waals surface area (Å²) < 4.78 is 0. The first-order chi connectivity index (χ1) is 6.86. The van der Waals surface area contributed by atoms with E-state index < -0.39 is 0 Å². The fraction of sp³-hybridized carbons (Fsp3) is 0.917. The van der Waals surface area contributed by atoms with Crippen LogP contribution in [0.25, 0.3) is 0 Å². The molecule has 1 saturated carbocycles. The Bertz CT molecular complexity index is 190. The van der Waals surface area contributed by atoms with E-state index in [2.05, 4.69) is 0 Å². The summed E-state index contributed by atoms with van der Waals surface area (Å²) in [6.45, 7) is 0. The van der Waals surface area contributed by atoms with Gasteiger partial charge in [-0.2, -0.15) is 11.8 Å². The average Bonchev–Trinajstić information content (AvgIpc) is 2.87. The van der Waals surface area contributed by atoms with Gasteiger partial charge in [-0.3, -0.25) is 4.79 Å². The maximum Gasteiger partial charge on any atom is 0.145 e. The Hall–Kier alpha value is 0.0200. The predicted molar refractivity (Wildman–Crippen MR) is 61.7 cm³/mol. The number of carbonyl (C=O) groups is 1. The number of hydrogen-bond donors (Lipinski definition) is 0. The zero-order valence-electron chi connectivity index (χ0n) is 8.84. The quantitative estimate of drug-likeness (QED) is 0.710. The molecule has 1 unspecified atom stereocenters. The summed E-state index contributed by atoms with van der Waals surface area (Å²) in [6, 6.07) is 0. The van der Waals surface area contributed by atoms with Crippen molar-refractivity contribution in [2.45, 2.75) is 56.6 Å². The molecule has 0 N–H and O–H groups in total. The maximum absolute atomic E-state index is 11.8. The SMILES string of the molecule is O=C(CCC1CCCC1)C1CCCS1. The minimum atomic E-state index is 0.372. The van der Waals surface area contributed by atoms with Crippen molar-refractivity contribution in [2.75, 3.05) is 5.75 Å². The van der Waals surface area contributed by atoms with Crippen molar-refractivity contribution < 1.29 is 4.79 Å². The Balaban J connectivity index is 1.66. The fourth-order valence-electron chi connectivity index (χ4n) is 2.64. The molecule has 2 aliphatic rings. The topological polar surface area (TPSA) is 17.1 Å². The van der Waals surface area contributed by atoms with Gasteiger partial charge in [0.05, 0.1) is 5.25 Å². The molecule has 0 aromatic heterocycles. The number of ketones is 1. The van der Waals surface area contributed by atoms with Gasteiger partial charge in [0.1, 0.15) is 5.78 Å². The van der Waals surface area contributed by atoms with Crippen LogP contribution in [-0.2, 0) is 4.79 Å². The lowest BCUT2D eigenvalue weighted by atomic mass is 9.98. The summed E-state index contributed by atoms with van der Waals surface area (Å²) in [4.78, 5) is 11.8. The van der Waals surface area contributed by atoms with E-state index in [4.69, 9.17) is 0 Å². The molecule has 1 aliphatic heterocycles. The van der Waals surface area contributed by atoms with Crippen molar-refractivity contribution in [3.05, 3.63) is 0 Å². The van der Waals surface area contributed by atoms with E-state index in [-0.39, 0.29) is 0 Å². The second-order valence-corrected chi connectivity index (χ2v) is 5.97. The molecule has 2 heteroatoms. The van der Waals surface area contributed by atoms with Gasteiger partial charge in [-0.1, -0.05) is 25.7 Å². The van der Waals surface area contributed by atoms with Crippen molar-refractivity contribution in [3.8, 4) is 0 Å². The Morgan fingerprint density at radius 2 is 1.93 bits per heavy atom. The lowest BCUT2D eigenvalue weighted by molar-refractivity contribution is -0.118. The highest BCUT2D eigenvalue weighted by Gasteiger charge is 2.24. The highest BCUT2D eigenvalue weighted by Crippen LogP contribution is 2.31. The van der Waals surface area contributed by atoms with Gasteiger partial charge in [-0.15, -0.1) is 0 Å². The summed E-state index contributed by atoms with van der Waals surface area (Å²) in [5.41, 5.74) is 0. The number of rotatable bonds is 4. The van der Waals surface area contributed by atoms with E-state index in [1.165, 1.54) is 44.3 Å². The molecule has 80 valence electrons. The fourth-order valence-corrected chi connectivity index (χ4v) is 3.89. The second kappa shape index (κ2) is 5.20. The lowest BCUT2D eigenvalue weighted by Crippen LogP contribution is -2.14. The van der Waals surface area contributed by atoms with Gasteiger partial charge in [0.15, 0.2) is 0 Å². The van der Waals surface area contributed by atoms with Crippen molar-refractivity contribution >= 4 is 17.5 Å². The van der Waals surface area contributed by atoms with Crippen LogP contribution in [0.2, 0.25) is 0 Å². The number of hydrogen-bond acceptors (Lipinski definition) is 2. The van der Waals surface area contributed by atoms with E-state index in [9.17, 15) is 4.79 Å². The zero-order chi connectivity index (χ0) is 9.80. The Labute approximate surface area is 91.0 Å². The van der Waals surface area contributed by atoms with Crippen LogP contribution >= 0.6 is 11.8 Å². The number of Topliss-reactive ketones (excluding diaryl/α,β-unsaturated/α-hetero) is 1. The third-order valence-electron chi connectivity index (χ3n) is 3.56. The minimum Gasteiger partial charge on any atom is -0.298 e. The highest BCUT2D eigenvalue weighted by atomic mass is 32.2. The van der Waals surface area contributed by atoms with Crippen LogP contribution in [0.4, 0.5) is 0 Å². The van der Waals surface area contributed by atoms with E-state index >= 15 is 0 Å². The highest BCUT2D eigenvalue weighted by molar-refractivity contribution is 8.00. The smallest absolute Gasteiger partial charge is 0.145 e. The van der Waals surface area contributed by atoms with Crippen LogP contribution in [0.15, 0.2) is 0 Å². The molecule has 0 amide bonds. The predicted octanol–water partition coefficient (Wildman–Crippen LogP) is 3.42. The van der Waals surface area contributed by atoms with Crippen LogP contribution in [0.3, 0.4) is 0 Å². The Morgan fingerprint density at radius 3 is 2.57 bits per heavy atom. The van der Waals surface area contributed by atoms with Crippen LogP contribution in [-0.4, -0.2) is 16.8 Å². The van der Waals surface area contributed by atoms with Gasteiger partial charge >= 0.3 is 0 Å². The summed E-state index contributed by atoms with van der Waals surface area (Å²) in [6.07, 6.45) is 10.0. The van der Waals surface area contributed by atoms with Crippen molar-refractivity contribution in [1.82, 2.24) is 0 Å². The van der Waals surface area contributed by atoms with Crippen LogP contribution in [0.1, 0.15) is 51.4 Å². The summed E-state index contributed by atoms with van der Waals surface area (Å²) in [5, 5.41) is 0.372. The molecular weight excluding hydrogens is 192 g/mol. The standard InChI is InChI=1S/C12H20OS/c13-11(12-6-3-9-14-12)8-7-10-4-1-2-5-10/h10,12H,1-9H2. The summed E-state index contributed by atoms with van der Waals surface area (Å²) in [5.74, 6) is 2.63. The molecular formula is C12H20OS. The average molecular weight is 212 g/mol. The molecule has 0 spiro atoms. The lowest BCUT2D eigenvalue weighted by Gasteiger charge is -2.10. The molecule has 2 fully saturated rings. The Kier molecular flexibility index (Phi) is 3.91. The van der Waals surface area contributed by atoms with E-state index in [0.29, 0.717) is 11.0 Å². The van der Waals surface area contributed by atoms with Gasteiger partial charge in [0.25, 0.3) is 0 Å². The molecule has 14 heavy (non-hydrogen) atoms. The van der Waals surface area contributed by atoms with Gasteiger partial charge in [-0.05, 0) is 30.9 Å². The Morgan fingerprint density at radius 1 is 1.14 bits per heavy atom. The first-order valence-electron chi connectivity index (χ1n) is 6.00. The third-order valence-corrected chi connectivity index (χ3v) is 4.99. The number of carbonyl (C=O) groups excluding carboxylic acids is 1. The third kappa shape index (κ3) is 2.75. The van der Waals surface area contributed by atoms with Crippen LogP contribution in [0.5, 0.6) is 0 Å². The first-order valence-corrected chi connectivity index (χ1v) is 7.05. The molecule has 0 bridgehead atoms. The number of thioether (sulfide) groups is 1. The molecule has 0 aromatic carbocycles. The molecule has 1 heterocycles. The molecule has 1 aliphatic carbocycles. The maximum atomic E-state index is 11.8. The largest absolute Gasteiger partial charge is 0.298 e. The molecule has 0 radical (unpaired) electrons. The first kappa shape index (κ1) is 10.5. The second-order valence-electron chi connectivity index (χ2n) is 4.66. The van der Waals surface area contributed by atoms with Crippen LogP contribution in [0, 0.1) is 5.92 Å². The molecule has 0 aromatic rings. The van der Waals surface area contributed by atoms with E-state index in [0.717, 1.165) is 18.8 Å². The zero-order valence-corrected chi connectivity index (χ0v) is 9.65. The van der Waals surface area contributed by atoms with Crippen molar-refractivity contribution in [3.63, 3.8) is 0 Å². The molecule has 1 nitrogen and oxygen atoms in total. The molecule has 1 atom stereocenters. The summed E-state index contributed by atoms with van der Waals surface area (Å²) >= 11 is 1.88. The van der Waals surface area contributed by atoms with Crippen molar-refractivity contribution in [1.29, 1.82) is 0 Å². The molecule has 2 rings (SSSR count). The van der Waals surface area contributed by atoms with Gasteiger partial charge in [0.2, 0.25) is 0 Å². The normalized spacial score (nSPS) is 28.4. The molecule has 1 saturated heterocycles. The van der Waals surface area contributed by atoms with Crippen molar-refractivity contribution in [2.24, 2.45) is 5.92 Å². The van der Waals surface area contributed by atoms with Crippen LogP contribution < -0.4 is 0 Å². The van der Waals surface area contributed by atoms with E-state index in [1.807, 2.05) is 11.8 Å². The minimum absolute atomic E-state index is 0.372.